The van der Waals surface area contributed by atoms with Crippen molar-refractivity contribution < 1.29 is 4.39 Å². The summed E-state index contributed by atoms with van der Waals surface area (Å²) in [4.78, 5) is 3.90. The normalized spacial score (nSPS) is 10.3. The van der Waals surface area contributed by atoms with E-state index in [1.54, 1.807) is 24.5 Å². The van der Waals surface area contributed by atoms with Crippen LogP contribution in [0, 0.1) is 11.9 Å². The molecule has 0 N–H and O–H groups in total. The molecule has 53 valence electrons. The van der Waals surface area contributed by atoms with Crippen LogP contribution in [0.2, 0.25) is 0 Å². The second-order valence-corrected chi connectivity index (χ2v) is 2.29. The number of hydrogen-bond donors (Lipinski definition) is 0. The fourth-order valence-corrected chi connectivity index (χ4v) is 0.994. The second kappa shape index (κ2) is 2.31. The van der Waals surface area contributed by atoms with E-state index in [-0.39, 0.29) is 5.82 Å². The minimum absolute atomic E-state index is 0.330. The largest absolute Gasteiger partial charge is 0.264 e. The molecule has 0 amide bonds. The molecule has 0 fully saturated rings. The number of halogens is 1. The Morgan fingerprint density at radius 2 is 2.27 bits per heavy atom. The Morgan fingerprint density at radius 1 is 1.36 bits per heavy atom. The average Bonchev–Trinajstić information content (AvgIpc) is 2.04. The van der Waals surface area contributed by atoms with Crippen LogP contribution in [0.1, 0.15) is 0 Å². The number of pyridine rings is 1. The molecule has 1 aromatic heterocycles. The Kier molecular flexibility index (Phi) is 1.32. The van der Waals surface area contributed by atoms with Gasteiger partial charge in [0.25, 0.3) is 0 Å². The molecule has 0 saturated heterocycles. The molecule has 1 aromatic carbocycles. The summed E-state index contributed by atoms with van der Waals surface area (Å²) in [5.74, 6) is -0.330. The lowest BCUT2D eigenvalue weighted by atomic mass is 10.2. The van der Waals surface area contributed by atoms with E-state index in [4.69, 9.17) is 0 Å². The van der Waals surface area contributed by atoms with Gasteiger partial charge in [-0.2, -0.15) is 0 Å². The number of fused-ring (bicyclic) bond motifs is 1. The van der Waals surface area contributed by atoms with E-state index in [1.807, 2.05) is 0 Å². The summed E-state index contributed by atoms with van der Waals surface area (Å²) in [7, 11) is 0. The summed E-state index contributed by atoms with van der Waals surface area (Å²) in [6.07, 6.45) is 3.33. The van der Waals surface area contributed by atoms with Crippen LogP contribution < -0.4 is 0 Å². The Bertz CT molecular complexity index is 384. The van der Waals surface area contributed by atoms with Crippen LogP contribution in [0.3, 0.4) is 0 Å². The summed E-state index contributed by atoms with van der Waals surface area (Å²) < 4.78 is 12.6. The van der Waals surface area contributed by atoms with Crippen molar-refractivity contribution in [2.24, 2.45) is 0 Å². The molecule has 1 nitrogen and oxygen atoms in total. The predicted octanol–water partition coefficient (Wildman–Crippen LogP) is 2.17. The van der Waals surface area contributed by atoms with Crippen molar-refractivity contribution in [2.45, 2.75) is 0 Å². The number of benzene rings is 1. The molecule has 0 unspecified atom stereocenters. The minimum atomic E-state index is -0.330. The summed E-state index contributed by atoms with van der Waals surface area (Å²) >= 11 is 0. The van der Waals surface area contributed by atoms with Crippen LogP contribution >= 0.6 is 0 Å². The van der Waals surface area contributed by atoms with Crippen molar-refractivity contribution >= 4 is 10.8 Å². The third-order valence-electron chi connectivity index (χ3n) is 1.53. The lowest BCUT2D eigenvalue weighted by molar-refractivity contribution is 0.627. The minimum Gasteiger partial charge on any atom is -0.264 e. The number of nitrogens with zero attached hydrogens (tertiary/aromatic N) is 1. The zero-order valence-corrected chi connectivity index (χ0v) is 5.71. The molecule has 2 heteroatoms. The Balaban J connectivity index is 2.83. The van der Waals surface area contributed by atoms with E-state index in [1.165, 1.54) is 6.07 Å². The Morgan fingerprint density at radius 3 is 3.18 bits per heavy atom. The number of aromatic nitrogens is 1. The van der Waals surface area contributed by atoms with Crippen LogP contribution in [-0.2, 0) is 0 Å². The highest BCUT2D eigenvalue weighted by atomic mass is 19.1. The maximum atomic E-state index is 12.6. The zero-order chi connectivity index (χ0) is 7.68. The lowest BCUT2D eigenvalue weighted by Gasteiger charge is -1.93. The molecule has 0 saturated carbocycles. The molecular formula is C9H5FN. The van der Waals surface area contributed by atoms with Crippen molar-refractivity contribution in [2.75, 3.05) is 0 Å². The number of rotatable bonds is 0. The molecule has 0 atom stereocenters. The van der Waals surface area contributed by atoms with E-state index in [0.717, 1.165) is 10.8 Å². The van der Waals surface area contributed by atoms with Gasteiger partial charge in [0, 0.05) is 23.8 Å². The molecule has 2 rings (SSSR count). The highest BCUT2D eigenvalue weighted by molar-refractivity contribution is 5.80. The summed E-state index contributed by atoms with van der Waals surface area (Å²) in [5, 5.41) is 1.77. The molecule has 0 aliphatic carbocycles. The lowest BCUT2D eigenvalue weighted by Crippen LogP contribution is -1.77. The van der Waals surface area contributed by atoms with Gasteiger partial charge >= 0.3 is 0 Å². The SMILES string of the molecule is Fc1[c]cc2cnccc2c1. The summed E-state index contributed by atoms with van der Waals surface area (Å²) in [6.45, 7) is 0. The van der Waals surface area contributed by atoms with Gasteiger partial charge in [-0.25, -0.2) is 4.39 Å². The topological polar surface area (TPSA) is 12.9 Å². The summed E-state index contributed by atoms with van der Waals surface area (Å²) in [5.41, 5.74) is 0. The standard InChI is InChI=1S/C9H5FN/c10-9-2-1-8-6-11-4-3-7(8)5-9/h1,3-6H. The highest BCUT2D eigenvalue weighted by Crippen LogP contribution is 2.12. The van der Waals surface area contributed by atoms with Gasteiger partial charge in [-0.3, -0.25) is 4.98 Å². The van der Waals surface area contributed by atoms with Crippen molar-refractivity contribution in [3.63, 3.8) is 0 Å². The van der Waals surface area contributed by atoms with E-state index >= 15 is 0 Å². The first-order valence-electron chi connectivity index (χ1n) is 3.27. The van der Waals surface area contributed by atoms with Crippen LogP contribution in [0.5, 0.6) is 0 Å². The van der Waals surface area contributed by atoms with Crippen molar-refractivity contribution in [3.8, 4) is 0 Å². The molecule has 0 aliphatic heterocycles. The van der Waals surface area contributed by atoms with Crippen LogP contribution in [0.4, 0.5) is 4.39 Å². The first-order valence-corrected chi connectivity index (χ1v) is 3.27. The van der Waals surface area contributed by atoms with Crippen LogP contribution in [-0.4, -0.2) is 4.98 Å². The molecule has 2 aromatic rings. The van der Waals surface area contributed by atoms with Crippen LogP contribution in [0.15, 0.2) is 30.6 Å². The maximum Gasteiger partial charge on any atom is 0.131 e. The third kappa shape index (κ3) is 1.07. The molecular weight excluding hydrogens is 141 g/mol. The Hall–Kier alpha value is -1.44. The summed E-state index contributed by atoms with van der Waals surface area (Å²) in [6, 6.07) is 7.27. The second-order valence-electron chi connectivity index (χ2n) is 2.29. The first kappa shape index (κ1) is 6.28. The maximum absolute atomic E-state index is 12.6. The third-order valence-corrected chi connectivity index (χ3v) is 1.53. The molecule has 0 spiro atoms. The quantitative estimate of drug-likeness (QED) is 0.555. The van der Waals surface area contributed by atoms with Crippen molar-refractivity contribution in [3.05, 3.63) is 42.5 Å². The van der Waals surface area contributed by atoms with Crippen molar-refractivity contribution in [1.82, 2.24) is 4.98 Å². The molecule has 0 bridgehead atoms. The fourth-order valence-electron chi connectivity index (χ4n) is 0.994. The Labute approximate surface area is 63.5 Å². The van der Waals surface area contributed by atoms with Gasteiger partial charge in [0.2, 0.25) is 0 Å². The van der Waals surface area contributed by atoms with Gasteiger partial charge in [-0.1, -0.05) is 0 Å². The van der Waals surface area contributed by atoms with Gasteiger partial charge in [0.05, 0.1) is 0 Å². The van der Waals surface area contributed by atoms with E-state index in [9.17, 15) is 4.39 Å². The van der Waals surface area contributed by atoms with Crippen molar-refractivity contribution in [1.29, 1.82) is 0 Å². The highest BCUT2D eigenvalue weighted by Gasteiger charge is 1.93. The molecule has 1 radical (unpaired) electrons. The number of hydrogen-bond acceptors (Lipinski definition) is 1. The predicted molar refractivity (Wildman–Crippen MR) is 40.5 cm³/mol. The van der Waals surface area contributed by atoms with Gasteiger partial charge in [-0.15, -0.1) is 0 Å². The van der Waals surface area contributed by atoms with Crippen LogP contribution in [0.25, 0.3) is 10.8 Å². The van der Waals surface area contributed by atoms with Gasteiger partial charge in [0.1, 0.15) is 5.82 Å². The molecule has 1 heterocycles. The monoisotopic (exact) mass is 146 g/mol. The molecule has 11 heavy (non-hydrogen) atoms. The van der Waals surface area contributed by atoms with Gasteiger partial charge in [0.15, 0.2) is 0 Å². The molecule has 0 aliphatic rings. The smallest absolute Gasteiger partial charge is 0.131 e. The van der Waals surface area contributed by atoms with E-state index in [2.05, 4.69) is 11.1 Å². The first-order chi connectivity index (χ1) is 5.36. The zero-order valence-electron chi connectivity index (χ0n) is 5.71. The van der Waals surface area contributed by atoms with Gasteiger partial charge in [-0.05, 0) is 23.6 Å². The fraction of sp³-hybridized carbons (Fsp3) is 0. The van der Waals surface area contributed by atoms with E-state index in [0.29, 0.717) is 0 Å². The van der Waals surface area contributed by atoms with E-state index < -0.39 is 0 Å². The van der Waals surface area contributed by atoms with Gasteiger partial charge < -0.3 is 0 Å². The average molecular weight is 146 g/mol.